The molecule has 0 saturated carbocycles. The van der Waals surface area contributed by atoms with Crippen molar-refractivity contribution in [1.82, 2.24) is 4.90 Å². The highest BCUT2D eigenvalue weighted by atomic mass is 127. The van der Waals surface area contributed by atoms with E-state index in [1.165, 1.54) is 0 Å². The van der Waals surface area contributed by atoms with Gasteiger partial charge in [0, 0.05) is 0 Å². The van der Waals surface area contributed by atoms with E-state index in [9.17, 15) is 4.79 Å². The molecule has 0 amide bonds. The topological polar surface area (TPSA) is 40.5 Å². The lowest BCUT2D eigenvalue weighted by molar-refractivity contribution is -0.141. The third-order valence-corrected chi connectivity index (χ3v) is 1.13. The first-order valence-corrected chi connectivity index (χ1v) is 2.45. The van der Waals surface area contributed by atoms with E-state index in [0.717, 1.165) is 0 Å². The Labute approximate surface area is 72.1 Å². The molecule has 0 heterocycles. The average Bonchev–Trinajstić information content (AvgIpc) is 1.64. The highest BCUT2D eigenvalue weighted by Gasteiger charge is 2.11. The Bertz CT molecular complexity index is 95.0. The Morgan fingerprint density at radius 3 is 1.89 bits per heavy atom. The Balaban J connectivity index is 0. The summed E-state index contributed by atoms with van der Waals surface area (Å²) in [5.41, 5.74) is 0. The predicted octanol–water partition coefficient (Wildman–Crippen LogP) is 0.639. The largest absolute Gasteiger partial charge is 0.480 e. The molecule has 0 aromatic carbocycles. The van der Waals surface area contributed by atoms with E-state index in [0.29, 0.717) is 0 Å². The van der Waals surface area contributed by atoms with E-state index in [-0.39, 0.29) is 30.0 Å². The van der Waals surface area contributed by atoms with Crippen LogP contribution in [0.15, 0.2) is 0 Å². The van der Waals surface area contributed by atoms with Crippen molar-refractivity contribution in [3.63, 3.8) is 0 Å². The second kappa shape index (κ2) is 4.99. The molecule has 0 radical (unpaired) electrons. The first-order chi connectivity index (χ1) is 3.55. The fourth-order valence-electron chi connectivity index (χ4n) is 0.221. The van der Waals surface area contributed by atoms with Gasteiger partial charge in [0.1, 0.15) is 6.04 Å². The first-order valence-electron chi connectivity index (χ1n) is 2.45. The van der Waals surface area contributed by atoms with Crippen LogP contribution in [0.5, 0.6) is 0 Å². The summed E-state index contributed by atoms with van der Waals surface area (Å²) >= 11 is 0. The molecular weight excluding hydrogens is 233 g/mol. The van der Waals surface area contributed by atoms with Crippen LogP contribution in [0.1, 0.15) is 6.92 Å². The Kier molecular flexibility index (Phi) is 6.59. The van der Waals surface area contributed by atoms with Crippen LogP contribution >= 0.6 is 24.0 Å². The van der Waals surface area contributed by atoms with Gasteiger partial charge in [-0.3, -0.25) is 9.69 Å². The van der Waals surface area contributed by atoms with Crippen molar-refractivity contribution in [3.05, 3.63) is 0 Å². The normalized spacial score (nSPS) is 12.4. The van der Waals surface area contributed by atoms with Crippen LogP contribution in [0.4, 0.5) is 0 Å². The standard InChI is InChI=1S/C5H11NO2.HI/c1-4(5(7)8)6(2)3;/h4H,1-3H3,(H,7,8);1H. The lowest BCUT2D eigenvalue weighted by Gasteiger charge is -2.13. The molecule has 3 nitrogen and oxygen atoms in total. The van der Waals surface area contributed by atoms with Crippen molar-refractivity contribution in [2.24, 2.45) is 0 Å². The molecule has 0 aliphatic carbocycles. The van der Waals surface area contributed by atoms with Gasteiger partial charge in [-0.1, -0.05) is 0 Å². The van der Waals surface area contributed by atoms with E-state index >= 15 is 0 Å². The monoisotopic (exact) mass is 245 g/mol. The van der Waals surface area contributed by atoms with Gasteiger partial charge in [-0.25, -0.2) is 0 Å². The molecular formula is C5H12INO2. The zero-order chi connectivity index (χ0) is 6.73. The number of hydrogen-bond acceptors (Lipinski definition) is 2. The molecule has 1 atom stereocenters. The third kappa shape index (κ3) is 4.65. The minimum atomic E-state index is -0.782. The lowest BCUT2D eigenvalue weighted by Crippen LogP contribution is -2.32. The minimum absolute atomic E-state index is 0. The van der Waals surface area contributed by atoms with Gasteiger partial charge in [-0.2, -0.15) is 0 Å². The second-order valence-corrected chi connectivity index (χ2v) is 1.98. The van der Waals surface area contributed by atoms with Gasteiger partial charge in [-0.15, -0.1) is 24.0 Å². The minimum Gasteiger partial charge on any atom is -0.480 e. The highest BCUT2D eigenvalue weighted by Crippen LogP contribution is 1.88. The van der Waals surface area contributed by atoms with Crippen LogP contribution in [0.2, 0.25) is 0 Å². The fourth-order valence-corrected chi connectivity index (χ4v) is 0.221. The molecule has 4 heteroatoms. The van der Waals surface area contributed by atoms with Gasteiger partial charge in [-0.05, 0) is 21.0 Å². The van der Waals surface area contributed by atoms with Gasteiger partial charge < -0.3 is 5.11 Å². The fraction of sp³-hybridized carbons (Fsp3) is 0.800. The average molecular weight is 245 g/mol. The quantitative estimate of drug-likeness (QED) is 0.726. The van der Waals surface area contributed by atoms with Gasteiger partial charge >= 0.3 is 5.97 Å². The van der Waals surface area contributed by atoms with Crippen molar-refractivity contribution in [2.45, 2.75) is 13.0 Å². The van der Waals surface area contributed by atoms with E-state index in [2.05, 4.69) is 0 Å². The molecule has 0 aliphatic rings. The molecule has 0 aromatic heterocycles. The molecule has 0 saturated heterocycles. The first kappa shape index (κ1) is 11.9. The summed E-state index contributed by atoms with van der Waals surface area (Å²) in [6, 6.07) is -0.380. The zero-order valence-electron chi connectivity index (χ0n) is 5.79. The van der Waals surface area contributed by atoms with Crippen LogP contribution < -0.4 is 0 Å². The molecule has 56 valence electrons. The molecule has 0 aromatic rings. The Hall–Kier alpha value is 0.160. The highest BCUT2D eigenvalue weighted by molar-refractivity contribution is 14.0. The Morgan fingerprint density at radius 1 is 1.56 bits per heavy atom. The number of nitrogens with zero attached hydrogens (tertiary/aromatic N) is 1. The number of aliphatic carboxylic acids is 1. The number of carbonyl (C=O) groups is 1. The summed E-state index contributed by atoms with van der Waals surface area (Å²) in [6.07, 6.45) is 0. The number of carboxylic acids is 1. The number of hydrogen-bond donors (Lipinski definition) is 1. The number of carboxylic acid groups (broad SMARTS) is 1. The maximum atomic E-state index is 10.1. The molecule has 0 fully saturated rings. The van der Waals surface area contributed by atoms with Crippen LogP contribution in [-0.2, 0) is 4.79 Å². The summed E-state index contributed by atoms with van der Waals surface area (Å²) in [5.74, 6) is -0.782. The summed E-state index contributed by atoms with van der Waals surface area (Å²) in [7, 11) is 3.47. The van der Waals surface area contributed by atoms with Crippen molar-refractivity contribution in [2.75, 3.05) is 14.1 Å². The van der Waals surface area contributed by atoms with Crippen LogP contribution in [-0.4, -0.2) is 36.1 Å². The van der Waals surface area contributed by atoms with Crippen LogP contribution in [0, 0.1) is 0 Å². The summed E-state index contributed by atoms with van der Waals surface area (Å²) < 4.78 is 0. The maximum Gasteiger partial charge on any atom is 0.320 e. The van der Waals surface area contributed by atoms with Gasteiger partial charge in [0.2, 0.25) is 0 Å². The summed E-state index contributed by atoms with van der Waals surface area (Å²) in [5, 5.41) is 8.31. The molecule has 1 unspecified atom stereocenters. The van der Waals surface area contributed by atoms with E-state index in [1.807, 2.05) is 0 Å². The van der Waals surface area contributed by atoms with Crippen molar-refractivity contribution < 1.29 is 9.90 Å². The number of halogens is 1. The van der Waals surface area contributed by atoms with Crippen molar-refractivity contribution >= 4 is 29.9 Å². The third-order valence-electron chi connectivity index (χ3n) is 1.13. The zero-order valence-corrected chi connectivity index (χ0v) is 8.12. The van der Waals surface area contributed by atoms with Gasteiger partial charge in [0.25, 0.3) is 0 Å². The van der Waals surface area contributed by atoms with Crippen LogP contribution in [0.3, 0.4) is 0 Å². The lowest BCUT2D eigenvalue weighted by atomic mass is 10.3. The Morgan fingerprint density at radius 2 is 1.89 bits per heavy atom. The van der Waals surface area contributed by atoms with Crippen LogP contribution in [0.25, 0.3) is 0 Å². The SMILES string of the molecule is CC(C(=O)O)N(C)C.I. The molecule has 0 aliphatic heterocycles. The van der Waals surface area contributed by atoms with E-state index < -0.39 is 5.97 Å². The molecule has 9 heavy (non-hydrogen) atoms. The van der Waals surface area contributed by atoms with E-state index in [1.54, 1.807) is 25.9 Å². The molecule has 0 rings (SSSR count). The van der Waals surface area contributed by atoms with Gasteiger partial charge in [0.05, 0.1) is 0 Å². The predicted molar refractivity (Wildman–Crippen MR) is 46.2 cm³/mol. The van der Waals surface area contributed by atoms with Gasteiger partial charge in [0.15, 0.2) is 0 Å². The number of likely N-dealkylation sites (N-methyl/N-ethyl adjacent to an activating group) is 1. The second-order valence-electron chi connectivity index (χ2n) is 1.98. The van der Waals surface area contributed by atoms with E-state index in [4.69, 9.17) is 5.11 Å². The summed E-state index contributed by atoms with van der Waals surface area (Å²) in [6.45, 7) is 1.64. The maximum absolute atomic E-state index is 10.1. The van der Waals surface area contributed by atoms with Crippen molar-refractivity contribution in [1.29, 1.82) is 0 Å². The number of rotatable bonds is 2. The summed E-state index contributed by atoms with van der Waals surface area (Å²) in [4.78, 5) is 11.7. The molecule has 0 bridgehead atoms. The molecule has 0 spiro atoms. The molecule has 1 N–H and O–H groups in total. The van der Waals surface area contributed by atoms with Crippen molar-refractivity contribution in [3.8, 4) is 0 Å². The smallest absolute Gasteiger partial charge is 0.320 e.